The topological polar surface area (TPSA) is 96.8 Å². The third kappa shape index (κ3) is 6.40. The van der Waals surface area contributed by atoms with Gasteiger partial charge in [-0.1, -0.05) is 40.9 Å². The molecule has 1 aliphatic rings. The molecule has 0 spiro atoms. The van der Waals surface area contributed by atoms with E-state index in [2.05, 4.69) is 63.5 Å². The average molecular weight is 482 g/mol. The van der Waals surface area contributed by atoms with Gasteiger partial charge in [-0.25, -0.2) is 4.68 Å². The van der Waals surface area contributed by atoms with Crippen molar-refractivity contribution in [3.8, 4) is 5.69 Å². The van der Waals surface area contributed by atoms with Crippen LogP contribution < -0.4 is 16.0 Å². The standard InChI is InChI=1S/C25H32ClN7O/c1-16-6-17(2)8-19(7-16)9-20-10-23(28-12-20)14-27-18(3)25(34)29-13-21-11-22(26)4-5-24(21)33-15-30-31-32-33/h4-8,11,15,18,20,23,27-28H,9-10,12-14H2,1-3H3,(H,29,34)/t18-,20-,23+/m0/s1. The molecule has 1 aliphatic heterocycles. The third-order valence-electron chi connectivity index (χ3n) is 6.27. The van der Waals surface area contributed by atoms with Crippen molar-refractivity contribution in [1.29, 1.82) is 0 Å². The Kier molecular flexibility index (Phi) is 7.92. The van der Waals surface area contributed by atoms with E-state index in [0.717, 1.165) is 37.2 Å². The summed E-state index contributed by atoms with van der Waals surface area (Å²) in [5.41, 5.74) is 5.67. The predicted octanol–water partition coefficient (Wildman–Crippen LogP) is 2.75. The second kappa shape index (κ2) is 11.1. The molecule has 1 aromatic heterocycles. The number of hydrogen-bond donors (Lipinski definition) is 3. The predicted molar refractivity (Wildman–Crippen MR) is 133 cm³/mol. The van der Waals surface area contributed by atoms with E-state index in [0.29, 0.717) is 23.5 Å². The normalized spacial score (nSPS) is 18.7. The van der Waals surface area contributed by atoms with E-state index in [1.54, 1.807) is 10.7 Å². The molecular formula is C25H32ClN7O. The van der Waals surface area contributed by atoms with Gasteiger partial charge in [0.15, 0.2) is 0 Å². The lowest BCUT2D eigenvalue weighted by molar-refractivity contribution is -0.122. The number of benzene rings is 2. The molecule has 34 heavy (non-hydrogen) atoms. The number of nitrogens with one attached hydrogen (secondary N) is 3. The van der Waals surface area contributed by atoms with E-state index in [1.165, 1.54) is 23.0 Å². The molecule has 1 fully saturated rings. The molecule has 0 radical (unpaired) electrons. The minimum absolute atomic E-state index is 0.0626. The van der Waals surface area contributed by atoms with E-state index in [1.807, 2.05) is 19.1 Å². The Balaban J connectivity index is 1.24. The molecule has 9 heteroatoms. The molecule has 0 aliphatic carbocycles. The molecule has 2 aromatic carbocycles. The maximum atomic E-state index is 12.7. The van der Waals surface area contributed by atoms with E-state index < -0.39 is 0 Å². The summed E-state index contributed by atoms with van der Waals surface area (Å²) in [6, 6.07) is 12.3. The Hall–Kier alpha value is -2.81. The molecular weight excluding hydrogens is 450 g/mol. The molecule has 8 nitrogen and oxygen atoms in total. The second-order valence-corrected chi connectivity index (χ2v) is 9.72. The van der Waals surface area contributed by atoms with Crippen LogP contribution in [0, 0.1) is 19.8 Å². The third-order valence-corrected chi connectivity index (χ3v) is 6.51. The van der Waals surface area contributed by atoms with Crippen molar-refractivity contribution in [2.75, 3.05) is 13.1 Å². The van der Waals surface area contributed by atoms with Crippen molar-refractivity contribution in [2.24, 2.45) is 5.92 Å². The number of nitrogens with zero attached hydrogens (tertiary/aromatic N) is 4. The van der Waals surface area contributed by atoms with E-state index in [-0.39, 0.29) is 11.9 Å². The first-order valence-electron chi connectivity index (χ1n) is 11.7. The highest BCUT2D eigenvalue weighted by atomic mass is 35.5. The van der Waals surface area contributed by atoms with Crippen LogP contribution in [-0.4, -0.2) is 51.3 Å². The van der Waals surface area contributed by atoms with Crippen LogP contribution in [0.25, 0.3) is 5.69 Å². The summed E-state index contributed by atoms with van der Waals surface area (Å²) >= 11 is 6.16. The Labute approximate surface area is 205 Å². The first-order chi connectivity index (χ1) is 16.4. The van der Waals surface area contributed by atoms with Crippen LogP contribution in [-0.2, 0) is 17.8 Å². The van der Waals surface area contributed by atoms with Gasteiger partial charge in [-0.15, -0.1) is 5.10 Å². The molecule has 180 valence electrons. The Morgan fingerprint density at radius 1 is 1.24 bits per heavy atom. The van der Waals surface area contributed by atoms with E-state index >= 15 is 0 Å². The zero-order valence-corrected chi connectivity index (χ0v) is 20.6. The summed E-state index contributed by atoms with van der Waals surface area (Å²) in [5, 5.41) is 21.9. The number of amides is 1. The first kappa shape index (κ1) is 24.3. The van der Waals surface area contributed by atoms with Gasteiger partial charge in [-0.05, 0) is 85.8 Å². The molecule has 1 saturated heterocycles. The van der Waals surface area contributed by atoms with Crippen LogP contribution in [0.5, 0.6) is 0 Å². The number of rotatable bonds is 9. The summed E-state index contributed by atoms with van der Waals surface area (Å²) in [5.74, 6) is 0.553. The highest BCUT2D eigenvalue weighted by Gasteiger charge is 2.25. The number of tetrazole rings is 1. The van der Waals surface area contributed by atoms with Crippen LogP contribution in [0.15, 0.2) is 42.7 Å². The zero-order valence-electron chi connectivity index (χ0n) is 19.9. The molecule has 1 amide bonds. The van der Waals surface area contributed by atoms with E-state index in [4.69, 9.17) is 11.6 Å². The molecule has 3 atom stereocenters. The molecule has 4 rings (SSSR count). The van der Waals surface area contributed by atoms with Crippen molar-refractivity contribution in [3.05, 3.63) is 70.0 Å². The number of carbonyl (C=O) groups excluding carboxylic acids is 1. The van der Waals surface area contributed by atoms with E-state index in [9.17, 15) is 4.79 Å². The smallest absolute Gasteiger partial charge is 0.237 e. The maximum absolute atomic E-state index is 12.7. The van der Waals surface area contributed by atoms with Crippen molar-refractivity contribution in [1.82, 2.24) is 36.2 Å². The monoisotopic (exact) mass is 481 g/mol. The zero-order chi connectivity index (χ0) is 24.1. The molecule has 0 bridgehead atoms. The maximum Gasteiger partial charge on any atom is 0.237 e. The lowest BCUT2D eigenvalue weighted by Gasteiger charge is -2.18. The molecule has 2 heterocycles. The summed E-state index contributed by atoms with van der Waals surface area (Å²) < 4.78 is 1.56. The Morgan fingerprint density at radius 2 is 2.03 bits per heavy atom. The van der Waals surface area contributed by atoms with Gasteiger partial charge in [0.1, 0.15) is 6.33 Å². The van der Waals surface area contributed by atoms with Crippen molar-refractivity contribution >= 4 is 17.5 Å². The molecule has 3 aromatic rings. The number of aryl methyl sites for hydroxylation is 2. The first-order valence-corrected chi connectivity index (χ1v) is 12.1. The Bertz CT molecular complexity index is 1100. The van der Waals surface area contributed by atoms with Crippen LogP contribution in [0.1, 0.15) is 35.6 Å². The van der Waals surface area contributed by atoms with Crippen molar-refractivity contribution in [3.63, 3.8) is 0 Å². The lowest BCUT2D eigenvalue weighted by Crippen LogP contribution is -2.46. The molecule has 3 N–H and O–H groups in total. The van der Waals surface area contributed by atoms with Gasteiger partial charge < -0.3 is 16.0 Å². The lowest BCUT2D eigenvalue weighted by atomic mass is 9.94. The molecule has 0 unspecified atom stereocenters. The van der Waals surface area contributed by atoms with Gasteiger partial charge in [-0.3, -0.25) is 4.79 Å². The molecule has 0 saturated carbocycles. The number of halogens is 1. The van der Waals surface area contributed by atoms with Gasteiger partial charge in [0, 0.05) is 24.2 Å². The van der Waals surface area contributed by atoms with Gasteiger partial charge in [-0.2, -0.15) is 0 Å². The van der Waals surface area contributed by atoms with Crippen LogP contribution in [0.3, 0.4) is 0 Å². The van der Waals surface area contributed by atoms with Gasteiger partial charge in [0.25, 0.3) is 0 Å². The van der Waals surface area contributed by atoms with Gasteiger partial charge in [0.2, 0.25) is 5.91 Å². The van der Waals surface area contributed by atoms with Crippen LogP contribution >= 0.6 is 11.6 Å². The average Bonchev–Trinajstić information content (AvgIpc) is 3.47. The summed E-state index contributed by atoms with van der Waals surface area (Å²) in [4.78, 5) is 12.7. The number of aromatic nitrogens is 4. The fourth-order valence-corrected chi connectivity index (χ4v) is 4.87. The summed E-state index contributed by atoms with van der Waals surface area (Å²) in [6.07, 6.45) is 3.71. The second-order valence-electron chi connectivity index (χ2n) is 9.28. The quantitative estimate of drug-likeness (QED) is 0.435. The van der Waals surface area contributed by atoms with Gasteiger partial charge in [0.05, 0.1) is 11.7 Å². The van der Waals surface area contributed by atoms with Crippen LogP contribution in [0.2, 0.25) is 5.02 Å². The highest BCUT2D eigenvalue weighted by molar-refractivity contribution is 6.30. The van der Waals surface area contributed by atoms with Crippen LogP contribution in [0.4, 0.5) is 0 Å². The van der Waals surface area contributed by atoms with Crippen molar-refractivity contribution in [2.45, 2.75) is 52.2 Å². The largest absolute Gasteiger partial charge is 0.351 e. The highest BCUT2D eigenvalue weighted by Crippen LogP contribution is 2.21. The summed E-state index contributed by atoms with van der Waals surface area (Å²) in [7, 11) is 0. The van der Waals surface area contributed by atoms with Gasteiger partial charge >= 0.3 is 0 Å². The SMILES string of the molecule is Cc1cc(C)cc(C[C@@H]2CN[C@@H](CN[C@@H](C)C(=O)NCc3cc(Cl)ccc3-n3cnnn3)C2)c1. The Morgan fingerprint density at radius 3 is 2.76 bits per heavy atom. The minimum atomic E-state index is -0.309. The fourth-order valence-electron chi connectivity index (χ4n) is 4.67. The minimum Gasteiger partial charge on any atom is -0.351 e. The summed E-state index contributed by atoms with van der Waals surface area (Å²) in [6.45, 7) is 8.29. The number of hydrogen-bond acceptors (Lipinski definition) is 6. The van der Waals surface area contributed by atoms with Crippen molar-refractivity contribution < 1.29 is 4.79 Å². The fraction of sp³-hybridized carbons (Fsp3) is 0.440. The number of carbonyl (C=O) groups is 1.